The van der Waals surface area contributed by atoms with Crippen molar-refractivity contribution in [2.75, 3.05) is 38.3 Å². The van der Waals surface area contributed by atoms with Crippen LogP contribution in [-0.2, 0) is 9.53 Å². The van der Waals surface area contributed by atoms with Gasteiger partial charge in [0.15, 0.2) is 0 Å². The van der Waals surface area contributed by atoms with Gasteiger partial charge in [0.25, 0.3) is 0 Å². The molecule has 2 aromatic carbocycles. The molecule has 1 aliphatic carbocycles. The van der Waals surface area contributed by atoms with Crippen LogP contribution in [0.3, 0.4) is 0 Å². The van der Waals surface area contributed by atoms with Crippen LogP contribution >= 0.6 is 11.3 Å². The molecule has 1 fully saturated rings. The minimum absolute atomic E-state index is 0.0478. The summed E-state index contributed by atoms with van der Waals surface area (Å²) in [6, 6.07) is 17.6. The van der Waals surface area contributed by atoms with Crippen molar-refractivity contribution in [1.29, 1.82) is 0 Å². The summed E-state index contributed by atoms with van der Waals surface area (Å²) in [6.07, 6.45) is 7.15. The van der Waals surface area contributed by atoms with Crippen LogP contribution in [0.25, 0.3) is 21.0 Å². The molecule has 0 spiro atoms. The van der Waals surface area contributed by atoms with Crippen LogP contribution in [0.2, 0.25) is 0 Å². The van der Waals surface area contributed by atoms with E-state index in [9.17, 15) is 9.59 Å². The van der Waals surface area contributed by atoms with Gasteiger partial charge in [-0.2, -0.15) is 0 Å². The predicted molar refractivity (Wildman–Crippen MR) is 159 cm³/mol. The highest BCUT2D eigenvalue weighted by atomic mass is 32.1. The number of carbonyl (C=O) groups is 1. The summed E-state index contributed by atoms with van der Waals surface area (Å²) < 4.78 is 13.0. The lowest BCUT2D eigenvalue weighted by Gasteiger charge is -2.25. The summed E-state index contributed by atoms with van der Waals surface area (Å²) >= 11 is 1.75. The van der Waals surface area contributed by atoms with Crippen molar-refractivity contribution in [3.05, 3.63) is 70.3 Å². The van der Waals surface area contributed by atoms with Gasteiger partial charge in [-0.15, -0.1) is 11.3 Å². The Hall–Kier alpha value is -3.36. The van der Waals surface area contributed by atoms with Crippen LogP contribution < -0.4 is 15.6 Å². The third-order valence-electron chi connectivity index (χ3n) is 7.40. The number of nitrogens with zero attached hydrogens (tertiary/aromatic N) is 1. The number of ether oxygens (including phenoxy) is 2. The number of rotatable bonds is 13. The number of carbonyl (C=O) groups excluding carboxylic acids is 1. The van der Waals surface area contributed by atoms with Crippen molar-refractivity contribution in [1.82, 2.24) is 9.88 Å². The number of aromatic amines is 1. The number of anilines is 1. The Morgan fingerprint density at radius 2 is 1.90 bits per heavy atom. The van der Waals surface area contributed by atoms with Gasteiger partial charge < -0.3 is 19.8 Å². The molecule has 0 aliphatic heterocycles. The van der Waals surface area contributed by atoms with Crippen molar-refractivity contribution < 1.29 is 14.3 Å². The largest absolute Gasteiger partial charge is 0.494 e. The van der Waals surface area contributed by atoms with Crippen molar-refractivity contribution in [2.24, 2.45) is 5.92 Å². The van der Waals surface area contributed by atoms with Crippen molar-refractivity contribution in [2.45, 2.75) is 44.9 Å². The molecule has 7 nitrogen and oxygen atoms in total. The van der Waals surface area contributed by atoms with Crippen molar-refractivity contribution >= 4 is 44.0 Å². The number of unbranched alkanes of at least 4 members (excludes halogenated alkanes) is 1. The molecule has 2 heterocycles. The van der Waals surface area contributed by atoms with Crippen LogP contribution in [0.4, 0.5) is 5.69 Å². The molecule has 0 unspecified atom stereocenters. The molecule has 39 heavy (non-hydrogen) atoms. The van der Waals surface area contributed by atoms with Gasteiger partial charge in [-0.3, -0.25) is 14.5 Å². The minimum atomic E-state index is -0.120. The third kappa shape index (κ3) is 7.61. The molecule has 1 aliphatic rings. The summed E-state index contributed by atoms with van der Waals surface area (Å²) in [4.78, 5) is 29.3. The monoisotopic (exact) mass is 547 g/mol. The second-order valence-electron chi connectivity index (χ2n) is 10.2. The van der Waals surface area contributed by atoms with Crippen molar-refractivity contribution in [3.8, 4) is 5.75 Å². The van der Waals surface area contributed by atoms with Crippen LogP contribution in [-0.4, -0.2) is 48.8 Å². The number of nitrogens with one attached hydrogen (secondary N) is 2. The van der Waals surface area contributed by atoms with Crippen LogP contribution in [0.1, 0.15) is 44.9 Å². The number of hydrogen-bond acceptors (Lipinski definition) is 7. The first-order valence-electron chi connectivity index (χ1n) is 14.0. The molecule has 206 valence electrons. The zero-order valence-electron chi connectivity index (χ0n) is 22.3. The maximum Gasteiger partial charge on any atom is 0.310 e. The second kappa shape index (κ2) is 13.6. The number of pyridine rings is 1. The summed E-state index contributed by atoms with van der Waals surface area (Å²) in [7, 11) is 0. The summed E-state index contributed by atoms with van der Waals surface area (Å²) in [5, 5.41) is 7.91. The Morgan fingerprint density at radius 3 is 2.79 bits per heavy atom. The number of aromatic nitrogens is 1. The lowest BCUT2D eigenvalue weighted by Crippen LogP contribution is -2.35. The quantitative estimate of drug-likeness (QED) is 0.115. The molecule has 0 bridgehead atoms. The minimum Gasteiger partial charge on any atom is -0.494 e. The van der Waals surface area contributed by atoms with Crippen LogP contribution in [0, 0.1) is 5.92 Å². The predicted octanol–water partition coefficient (Wildman–Crippen LogP) is 6.40. The van der Waals surface area contributed by atoms with Gasteiger partial charge in [0.1, 0.15) is 12.5 Å². The highest BCUT2D eigenvalue weighted by Gasteiger charge is 2.23. The molecule has 0 saturated heterocycles. The molecule has 0 amide bonds. The smallest absolute Gasteiger partial charge is 0.310 e. The van der Waals surface area contributed by atoms with Gasteiger partial charge in [-0.1, -0.05) is 25.3 Å². The average molecular weight is 548 g/mol. The lowest BCUT2D eigenvalue weighted by molar-refractivity contribution is -0.154. The molecule has 2 aromatic heterocycles. The third-order valence-corrected chi connectivity index (χ3v) is 8.28. The number of H-pyrrole nitrogens is 1. The van der Waals surface area contributed by atoms with Crippen molar-refractivity contribution in [3.63, 3.8) is 0 Å². The van der Waals surface area contributed by atoms with E-state index in [1.807, 2.05) is 24.3 Å². The van der Waals surface area contributed by atoms with Gasteiger partial charge in [0.05, 0.1) is 18.0 Å². The first-order valence-corrected chi connectivity index (χ1v) is 14.9. The van der Waals surface area contributed by atoms with E-state index in [-0.39, 0.29) is 17.4 Å². The highest BCUT2D eigenvalue weighted by Crippen LogP contribution is 2.28. The van der Waals surface area contributed by atoms with E-state index < -0.39 is 0 Å². The van der Waals surface area contributed by atoms with Crippen LogP contribution in [0.5, 0.6) is 5.75 Å². The normalized spacial score (nSPS) is 14.2. The molecular formula is C31H37N3O4S. The zero-order valence-corrected chi connectivity index (χ0v) is 23.1. The fourth-order valence-corrected chi connectivity index (χ4v) is 6.01. The van der Waals surface area contributed by atoms with Gasteiger partial charge >= 0.3 is 5.97 Å². The van der Waals surface area contributed by atoms with Gasteiger partial charge in [-0.25, -0.2) is 0 Å². The maximum atomic E-state index is 12.7. The Balaban J connectivity index is 1.10. The number of fused-ring (bicyclic) bond motifs is 2. The summed E-state index contributed by atoms with van der Waals surface area (Å²) in [5.41, 5.74) is 1.79. The average Bonchev–Trinajstić information content (AvgIpc) is 3.45. The molecule has 0 atom stereocenters. The van der Waals surface area contributed by atoms with Gasteiger partial charge in [-0.05, 0) is 72.8 Å². The van der Waals surface area contributed by atoms with E-state index in [0.29, 0.717) is 13.3 Å². The first-order chi connectivity index (χ1) is 19.2. The number of hydrogen-bond donors (Lipinski definition) is 2. The molecular weight excluding hydrogens is 510 g/mol. The first kappa shape index (κ1) is 27.2. The fourth-order valence-electron chi connectivity index (χ4n) is 5.19. The molecule has 4 aromatic rings. The van der Waals surface area contributed by atoms with Gasteiger partial charge in [0, 0.05) is 47.5 Å². The van der Waals surface area contributed by atoms with E-state index in [0.717, 1.165) is 80.5 Å². The molecule has 0 radical (unpaired) electrons. The number of benzene rings is 2. The van der Waals surface area contributed by atoms with E-state index in [1.54, 1.807) is 11.3 Å². The molecule has 2 N–H and O–H groups in total. The van der Waals surface area contributed by atoms with E-state index in [4.69, 9.17) is 9.47 Å². The lowest BCUT2D eigenvalue weighted by atomic mass is 9.89. The standard InChI is InChI=1S/C31H37N3O4S/c35-30-14-12-23-11-13-25(21-28(23)33-30)37-19-5-4-17-34(22-38-31(36)24-7-2-1-3-8-24)18-16-32-27-9-6-10-29-26(27)15-20-39-29/h6,9-15,20-21,24,32H,1-5,7-8,16-19,22H2,(H,33,35). The second-order valence-corrected chi connectivity index (χ2v) is 11.2. The van der Waals surface area contributed by atoms with E-state index in [2.05, 4.69) is 44.8 Å². The zero-order chi connectivity index (χ0) is 26.9. The molecule has 5 rings (SSSR count). The SMILES string of the molecule is O=C(OCN(CCCCOc1ccc2ccc(=O)[nH]c2c1)CCNc1cccc2sccc12)C1CCCCC1. The number of thiophene rings is 1. The highest BCUT2D eigenvalue weighted by molar-refractivity contribution is 7.17. The number of esters is 1. The van der Waals surface area contributed by atoms with E-state index >= 15 is 0 Å². The Labute approximate surface area is 233 Å². The van der Waals surface area contributed by atoms with Gasteiger partial charge in [0.2, 0.25) is 5.56 Å². The maximum absolute atomic E-state index is 12.7. The summed E-state index contributed by atoms with van der Waals surface area (Å²) in [5.74, 6) is 0.753. The Kier molecular flexibility index (Phi) is 9.51. The topological polar surface area (TPSA) is 83.7 Å². The Bertz CT molecular complexity index is 1430. The summed E-state index contributed by atoms with van der Waals surface area (Å²) in [6.45, 7) is 3.25. The fraction of sp³-hybridized carbons (Fsp3) is 0.419. The molecule has 1 saturated carbocycles. The van der Waals surface area contributed by atoms with Crippen LogP contribution in [0.15, 0.2) is 64.8 Å². The molecule has 8 heteroatoms. The Morgan fingerprint density at radius 1 is 1.03 bits per heavy atom. The van der Waals surface area contributed by atoms with E-state index in [1.165, 1.54) is 22.6 Å².